The monoisotopic (exact) mass is 311 g/mol. The number of para-hydroxylation sites is 1. The van der Waals surface area contributed by atoms with Gasteiger partial charge in [0.1, 0.15) is 6.54 Å². The second-order valence-electron chi connectivity index (χ2n) is 6.02. The summed E-state index contributed by atoms with van der Waals surface area (Å²) in [5, 5.41) is 3.08. The Kier molecular flexibility index (Phi) is 6.79. The molecular weight excluding hydrogens is 284 g/mol. The smallest absolute Gasteiger partial charge is 0.224 e. The maximum absolute atomic E-state index is 12.2. The van der Waals surface area contributed by atoms with E-state index in [1.165, 1.54) is 5.56 Å². The molecule has 3 heteroatoms. The number of aromatic nitrogens is 1. The summed E-state index contributed by atoms with van der Waals surface area (Å²) < 4.78 is 2.15. The number of pyridine rings is 1. The van der Waals surface area contributed by atoms with Crippen LogP contribution in [0.2, 0.25) is 0 Å². The number of unbranched alkanes of at least 4 members (excludes halogenated alkanes) is 1. The van der Waals surface area contributed by atoms with Crippen molar-refractivity contribution in [1.82, 2.24) is 0 Å². The molecule has 1 heterocycles. The predicted molar refractivity (Wildman–Crippen MR) is 94.3 cm³/mol. The van der Waals surface area contributed by atoms with Crippen LogP contribution >= 0.6 is 0 Å². The van der Waals surface area contributed by atoms with Crippen molar-refractivity contribution in [3.05, 3.63) is 60.4 Å². The molecule has 1 N–H and O–H groups in total. The van der Waals surface area contributed by atoms with Crippen molar-refractivity contribution in [2.24, 2.45) is 0 Å². The number of aryl methyl sites for hydroxylation is 1. The molecule has 0 spiro atoms. The molecule has 1 aromatic heterocycles. The molecule has 1 unspecified atom stereocenters. The van der Waals surface area contributed by atoms with Gasteiger partial charge in [-0.3, -0.25) is 4.79 Å². The molecule has 23 heavy (non-hydrogen) atoms. The van der Waals surface area contributed by atoms with Crippen LogP contribution in [0.3, 0.4) is 0 Å². The maximum atomic E-state index is 12.2. The summed E-state index contributed by atoms with van der Waals surface area (Å²) in [5.41, 5.74) is 2.19. The van der Waals surface area contributed by atoms with Gasteiger partial charge in [-0.2, -0.15) is 0 Å². The lowest BCUT2D eigenvalue weighted by molar-refractivity contribution is -0.697. The van der Waals surface area contributed by atoms with Crippen molar-refractivity contribution >= 4 is 11.6 Å². The van der Waals surface area contributed by atoms with E-state index in [0.29, 0.717) is 12.3 Å². The average Bonchev–Trinajstić information content (AvgIpc) is 2.59. The van der Waals surface area contributed by atoms with Gasteiger partial charge in [0.2, 0.25) is 5.91 Å². The Balaban J connectivity index is 1.79. The molecule has 0 saturated heterocycles. The van der Waals surface area contributed by atoms with Gasteiger partial charge in [0.05, 0.1) is 0 Å². The molecule has 1 amide bonds. The highest BCUT2D eigenvalue weighted by Gasteiger charge is 2.11. The Morgan fingerprint density at radius 2 is 1.83 bits per heavy atom. The molecule has 0 saturated carbocycles. The van der Waals surface area contributed by atoms with Gasteiger partial charge in [0.25, 0.3) is 0 Å². The van der Waals surface area contributed by atoms with E-state index in [1.807, 2.05) is 36.4 Å². The van der Waals surface area contributed by atoms with E-state index < -0.39 is 0 Å². The minimum absolute atomic E-state index is 0.110. The first-order valence-electron chi connectivity index (χ1n) is 8.53. The van der Waals surface area contributed by atoms with Crippen LogP contribution in [0, 0.1) is 0 Å². The zero-order valence-electron chi connectivity index (χ0n) is 14.2. The summed E-state index contributed by atoms with van der Waals surface area (Å²) in [5.74, 6) is 0.569. The fourth-order valence-corrected chi connectivity index (χ4v) is 2.64. The number of rotatable bonds is 8. The fraction of sp³-hybridized carbons (Fsp3) is 0.400. The van der Waals surface area contributed by atoms with Gasteiger partial charge < -0.3 is 5.32 Å². The molecule has 122 valence electrons. The molecule has 0 bridgehead atoms. The molecular formula is C20H27N2O+. The number of anilines is 1. The van der Waals surface area contributed by atoms with Crippen molar-refractivity contribution in [3.63, 3.8) is 0 Å². The summed E-state index contributed by atoms with van der Waals surface area (Å²) in [6, 6.07) is 14.2. The number of benzene rings is 1. The number of nitrogens with one attached hydrogen (secondary N) is 1. The number of carbonyl (C=O) groups is 1. The van der Waals surface area contributed by atoms with Crippen LogP contribution < -0.4 is 9.88 Å². The van der Waals surface area contributed by atoms with Crippen LogP contribution in [-0.2, 0) is 11.3 Å². The Labute approximate surface area is 139 Å². The van der Waals surface area contributed by atoms with Crippen molar-refractivity contribution in [3.8, 4) is 0 Å². The largest absolute Gasteiger partial charge is 0.326 e. The molecule has 0 fully saturated rings. The molecule has 3 nitrogen and oxygen atoms in total. The van der Waals surface area contributed by atoms with E-state index in [0.717, 1.165) is 31.5 Å². The summed E-state index contributed by atoms with van der Waals surface area (Å²) >= 11 is 0. The highest BCUT2D eigenvalue weighted by Crippen LogP contribution is 2.26. The number of nitrogens with zero attached hydrogens (tertiary/aromatic N) is 1. The van der Waals surface area contributed by atoms with Crippen LogP contribution in [0.5, 0.6) is 0 Å². The number of amides is 1. The molecule has 1 atom stereocenters. The fourth-order valence-electron chi connectivity index (χ4n) is 2.64. The third kappa shape index (κ3) is 5.51. The van der Waals surface area contributed by atoms with Crippen LogP contribution in [0.15, 0.2) is 54.9 Å². The average molecular weight is 311 g/mol. The van der Waals surface area contributed by atoms with E-state index >= 15 is 0 Å². The van der Waals surface area contributed by atoms with E-state index in [-0.39, 0.29) is 5.91 Å². The number of hydrogen-bond donors (Lipinski definition) is 1. The van der Waals surface area contributed by atoms with Crippen LogP contribution in [0.25, 0.3) is 0 Å². The maximum Gasteiger partial charge on any atom is 0.224 e. The van der Waals surface area contributed by atoms with Gasteiger partial charge >= 0.3 is 0 Å². The molecule has 0 aliphatic heterocycles. The number of carbonyl (C=O) groups excluding carboxylic acids is 1. The molecule has 2 aromatic rings. The van der Waals surface area contributed by atoms with E-state index in [2.05, 4.69) is 42.2 Å². The molecule has 0 radical (unpaired) electrons. The summed E-state index contributed by atoms with van der Waals surface area (Å²) in [7, 11) is 0. The third-order valence-corrected chi connectivity index (χ3v) is 4.23. The van der Waals surface area contributed by atoms with Gasteiger partial charge in [-0.15, -0.1) is 0 Å². The van der Waals surface area contributed by atoms with Crippen molar-refractivity contribution < 1.29 is 9.36 Å². The van der Waals surface area contributed by atoms with Gasteiger partial charge in [-0.05, 0) is 30.4 Å². The summed E-state index contributed by atoms with van der Waals surface area (Å²) in [6.45, 7) is 5.32. The lowest BCUT2D eigenvalue weighted by Gasteiger charge is -2.15. The van der Waals surface area contributed by atoms with Crippen molar-refractivity contribution in [2.75, 3.05) is 5.32 Å². The Hall–Kier alpha value is -2.16. The second-order valence-corrected chi connectivity index (χ2v) is 6.02. The first-order chi connectivity index (χ1) is 11.2. The van der Waals surface area contributed by atoms with Gasteiger partial charge in [0.15, 0.2) is 12.4 Å². The highest BCUT2D eigenvalue weighted by atomic mass is 16.1. The van der Waals surface area contributed by atoms with E-state index in [1.54, 1.807) is 0 Å². The van der Waals surface area contributed by atoms with E-state index in [9.17, 15) is 4.79 Å². The third-order valence-electron chi connectivity index (χ3n) is 4.23. The second kappa shape index (κ2) is 9.09. The Morgan fingerprint density at radius 3 is 2.57 bits per heavy atom. The topological polar surface area (TPSA) is 33.0 Å². The SMILES string of the molecule is CCC(C)c1ccccc1NC(=O)CCCC[n+]1ccccc1. The zero-order valence-corrected chi connectivity index (χ0v) is 14.2. The molecule has 0 aliphatic rings. The lowest BCUT2D eigenvalue weighted by Crippen LogP contribution is -2.32. The lowest BCUT2D eigenvalue weighted by atomic mass is 9.97. The first kappa shape index (κ1) is 17.2. The zero-order chi connectivity index (χ0) is 16.5. The van der Waals surface area contributed by atoms with Crippen molar-refractivity contribution in [1.29, 1.82) is 0 Å². The number of hydrogen-bond acceptors (Lipinski definition) is 1. The molecule has 2 rings (SSSR count). The van der Waals surface area contributed by atoms with Crippen molar-refractivity contribution in [2.45, 2.75) is 52.0 Å². The normalized spacial score (nSPS) is 11.9. The van der Waals surface area contributed by atoms with Crippen LogP contribution in [-0.4, -0.2) is 5.91 Å². The standard InChI is InChI=1S/C20H26N2O/c1-3-17(2)18-11-5-6-12-19(18)21-20(23)13-7-10-16-22-14-8-4-9-15-22/h4-6,8-9,11-12,14-15,17H,3,7,10,13,16H2,1-2H3/p+1. The Bertz CT molecular complexity index is 610. The van der Waals surface area contributed by atoms with Gasteiger partial charge in [-0.25, -0.2) is 4.57 Å². The first-order valence-corrected chi connectivity index (χ1v) is 8.53. The van der Waals surface area contributed by atoms with Gasteiger partial charge in [-0.1, -0.05) is 38.1 Å². The van der Waals surface area contributed by atoms with E-state index in [4.69, 9.17) is 0 Å². The molecule has 1 aromatic carbocycles. The predicted octanol–water partition coefficient (Wildman–Crippen LogP) is 4.30. The summed E-state index contributed by atoms with van der Waals surface area (Å²) in [6.07, 6.45) is 7.67. The minimum atomic E-state index is 0.110. The van der Waals surface area contributed by atoms with Gasteiger partial charge in [0, 0.05) is 30.7 Å². The van der Waals surface area contributed by atoms with Crippen LogP contribution in [0.1, 0.15) is 51.0 Å². The molecule has 0 aliphatic carbocycles. The van der Waals surface area contributed by atoms with Crippen LogP contribution in [0.4, 0.5) is 5.69 Å². The quantitative estimate of drug-likeness (QED) is 0.572. The minimum Gasteiger partial charge on any atom is -0.326 e. The summed E-state index contributed by atoms with van der Waals surface area (Å²) in [4.78, 5) is 12.2. The highest BCUT2D eigenvalue weighted by molar-refractivity contribution is 5.91. The Morgan fingerprint density at radius 1 is 1.09 bits per heavy atom.